The fourth-order valence-electron chi connectivity index (χ4n) is 3.00. The van der Waals surface area contributed by atoms with Crippen molar-refractivity contribution in [1.29, 1.82) is 0 Å². The Hall–Kier alpha value is -2.95. The molecular formula is C22H25N3O2. The van der Waals surface area contributed by atoms with E-state index >= 15 is 0 Å². The number of amides is 1. The first-order valence-electron chi connectivity index (χ1n) is 9.45. The first kappa shape index (κ1) is 18.8. The van der Waals surface area contributed by atoms with Crippen molar-refractivity contribution in [2.75, 3.05) is 6.54 Å². The number of benzene rings is 2. The van der Waals surface area contributed by atoms with Gasteiger partial charge in [0.15, 0.2) is 0 Å². The van der Waals surface area contributed by atoms with E-state index in [2.05, 4.69) is 34.6 Å². The quantitative estimate of drug-likeness (QED) is 0.613. The molecule has 3 aromatic rings. The van der Waals surface area contributed by atoms with Gasteiger partial charge in [-0.25, -0.2) is 0 Å². The molecule has 1 N–H and O–H groups in total. The van der Waals surface area contributed by atoms with Gasteiger partial charge in [-0.15, -0.1) is 10.2 Å². The van der Waals surface area contributed by atoms with Crippen molar-refractivity contribution in [1.82, 2.24) is 15.5 Å². The van der Waals surface area contributed by atoms with Crippen molar-refractivity contribution in [2.45, 2.75) is 38.5 Å². The van der Waals surface area contributed by atoms with Crippen molar-refractivity contribution in [2.24, 2.45) is 0 Å². The van der Waals surface area contributed by atoms with E-state index in [1.54, 1.807) is 0 Å². The number of rotatable bonds is 9. The number of nitrogens with one attached hydrogen (secondary N) is 1. The number of hydrogen-bond acceptors (Lipinski definition) is 4. The van der Waals surface area contributed by atoms with Gasteiger partial charge in [0.2, 0.25) is 17.7 Å². The number of carbonyl (C=O) groups is 1. The van der Waals surface area contributed by atoms with Crippen LogP contribution in [0.3, 0.4) is 0 Å². The third-order valence-corrected chi connectivity index (χ3v) is 4.59. The molecule has 1 unspecified atom stereocenters. The van der Waals surface area contributed by atoms with Crippen LogP contribution in [0.1, 0.15) is 43.6 Å². The summed E-state index contributed by atoms with van der Waals surface area (Å²) >= 11 is 0. The molecule has 2 aromatic carbocycles. The Morgan fingerprint density at radius 3 is 2.44 bits per heavy atom. The lowest BCUT2D eigenvalue weighted by molar-refractivity contribution is -0.121. The molecule has 1 heterocycles. The van der Waals surface area contributed by atoms with Crippen LogP contribution in [-0.4, -0.2) is 22.6 Å². The van der Waals surface area contributed by atoms with Gasteiger partial charge in [-0.05, 0) is 30.5 Å². The summed E-state index contributed by atoms with van der Waals surface area (Å²) < 4.78 is 5.67. The molecule has 5 heteroatoms. The minimum absolute atomic E-state index is 0.0622. The Morgan fingerprint density at radius 2 is 1.74 bits per heavy atom. The molecule has 140 valence electrons. The lowest BCUT2D eigenvalue weighted by atomic mass is 9.96. The molecule has 0 spiro atoms. The molecule has 27 heavy (non-hydrogen) atoms. The standard InChI is InChI=1S/C22H25N3O2/c1-2-17(18-10-5-3-6-11-18)16-23-20(26)14-9-15-21-24-25-22(27-21)19-12-7-4-8-13-19/h3-8,10-13,17H,2,9,14-16H2,1H3,(H,23,26). The van der Waals surface area contributed by atoms with E-state index in [0.29, 0.717) is 43.5 Å². The molecule has 0 aliphatic heterocycles. The number of aryl methyl sites for hydroxylation is 1. The van der Waals surface area contributed by atoms with Crippen LogP contribution in [0.2, 0.25) is 0 Å². The van der Waals surface area contributed by atoms with Crippen LogP contribution < -0.4 is 5.32 Å². The van der Waals surface area contributed by atoms with Gasteiger partial charge in [-0.1, -0.05) is 55.5 Å². The summed E-state index contributed by atoms with van der Waals surface area (Å²) in [7, 11) is 0. The molecule has 1 aromatic heterocycles. The summed E-state index contributed by atoms with van der Waals surface area (Å²) in [6, 6.07) is 20.0. The third kappa shape index (κ3) is 5.51. The van der Waals surface area contributed by atoms with E-state index in [1.807, 2.05) is 48.5 Å². The zero-order valence-electron chi connectivity index (χ0n) is 15.6. The van der Waals surface area contributed by atoms with Gasteiger partial charge in [-0.3, -0.25) is 4.79 Å². The van der Waals surface area contributed by atoms with Crippen molar-refractivity contribution >= 4 is 5.91 Å². The first-order chi connectivity index (χ1) is 13.3. The molecule has 3 rings (SSSR count). The maximum absolute atomic E-state index is 12.1. The highest BCUT2D eigenvalue weighted by Crippen LogP contribution is 2.19. The molecule has 0 aliphatic carbocycles. The topological polar surface area (TPSA) is 68.0 Å². The fraction of sp³-hybridized carbons (Fsp3) is 0.318. The van der Waals surface area contributed by atoms with E-state index in [9.17, 15) is 4.79 Å². The molecule has 0 bridgehead atoms. The van der Waals surface area contributed by atoms with Crippen molar-refractivity contribution < 1.29 is 9.21 Å². The van der Waals surface area contributed by atoms with Crippen LogP contribution in [0.15, 0.2) is 65.1 Å². The van der Waals surface area contributed by atoms with E-state index < -0.39 is 0 Å². The highest BCUT2D eigenvalue weighted by Gasteiger charge is 2.12. The molecule has 1 amide bonds. The van der Waals surface area contributed by atoms with Crippen molar-refractivity contribution in [3.63, 3.8) is 0 Å². The van der Waals surface area contributed by atoms with Crippen LogP contribution in [0.4, 0.5) is 0 Å². The minimum Gasteiger partial charge on any atom is -0.421 e. The maximum atomic E-state index is 12.1. The van der Waals surface area contributed by atoms with Crippen LogP contribution in [-0.2, 0) is 11.2 Å². The van der Waals surface area contributed by atoms with Gasteiger partial charge in [0.05, 0.1) is 0 Å². The number of carbonyl (C=O) groups excluding carboxylic acids is 1. The molecule has 5 nitrogen and oxygen atoms in total. The highest BCUT2D eigenvalue weighted by molar-refractivity contribution is 5.75. The van der Waals surface area contributed by atoms with Crippen LogP contribution >= 0.6 is 0 Å². The van der Waals surface area contributed by atoms with Crippen molar-refractivity contribution in [3.8, 4) is 11.5 Å². The fourth-order valence-corrected chi connectivity index (χ4v) is 3.00. The summed E-state index contributed by atoms with van der Waals surface area (Å²) in [6.45, 7) is 2.81. The summed E-state index contributed by atoms with van der Waals surface area (Å²) in [5.74, 6) is 1.49. The second kappa shape index (κ2) is 9.67. The van der Waals surface area contributed by atoms with E-state index in [1.165, 1.54) is 5.56 Å². The second-order valence-corrected chi connectivity index (χ2v) is 6.54. The van der Waals surface area contributed by atoms with E-state index in [-0.39, 0.29) is 5.91 Å². The van der Waals surface area contributed by atoms with Crippen LogP contribution in [0, 0.1) is 0 Å². The van der Waals surface area contributed by atoms with Gasteiger partial charge < -0.3 is 9.73 Å². The van der Waals surface area contributed by atoms with Gasteiger partial charge in [0, 0.05) is 30.9 Å². The van der Waals surface area contributed by atoms with Crippen molar-refractivity contribution in [3.05, 3.63) is 72.1 Å². The monoisotopic (exact) mass is 363 g/mol. The number of hydrogen-bond donors (Lipinski definition) is 1. The number of aromatic nitrogens is 2. The normalized spacial score (nSPS) is 11.9. The molecule has 0 radical (unpaired) electrons. The average Bonchev–Trinajstić information content (AvgIpc) is 3.19. The number of nitrogens with zero attached hydrogens (tertiary/aromatic N) is 2. The molecular weight excluding hydrogens is 338 g/mol. The van der Waals surface area contributed by atoms with Gasteiger partial charge in [0.25, 0.3) is 0 Å². The van der Waals surface area contributed by atoms with Crippen LogP contribution in [0.25, 0.3) is 11.5 Å². The third-order valence-electron chi connectivity index (χ3n) is 4.59. The van der Waals surface area contributed by atoms with Gasteiger partial charge >= 0.3 is 0 Å². The zero-order chi connectivity index (χ0) is 18.9. The lowest BCUT2D eigenvalue weighted by Gasteiger charge is -2.16. The Labute approximate surface area is 159 Å². The molecule has 1 atom stereocenters. The molecule has 0 fully saturated rings. The SMILES string of the molecule is CCC(CNC(=O)CCCc1nnc(-c2ccccc2)o1)c1ccccc1. The Bertz CT molecular complexity index is 831. The summed E-state index contributed by atoms with van der Waals surface area (Å²) in [6.07, 6.45) is 2.73. The summed E-state index contributed by atoms with van der Waals surface area (Å²) in [4.78, 5) is 12.1. The van der Waals surface area contributed by atoms with E-state index in [4.69, 9.17) is 4.42 Å². The Kier molecular flexibility index (Phi) is 6.74. The Morgan fingerprint density at radius 1 is 1.04 bits per heavy atom. The van der Waals surface area contributed by atoms with Gasteiger partial charge in [-0.2, -0.15) is 0 Å². The highest BCUT2D eigenvalue weighted by atomic mass is 16.4. The smallest absolute Gasteiger partial charge is 0.247 e. The zero-order valence-corrected chi connectivity index (χ0v) is 15.6. The van der Waals surface area contributed by atoms with Gasteiger partial charge in [0.1, 0.15) is 0 Å². The minimum atomic E-state index is 0.0622. The lowest BCUT2D eigenvalue weighted by Crippen LogP contribution is -2.28. The van der Waals surface area contributed by atoms with Crippen LogP contribution in [0.5, 0.6) is 0 Å². The predicted molar refractivity (Wildman–Crippen MR) is 105 cm³/mol. The second-order valence-electron chi connectivity index (χ2n) is 6.54. The first-order valence-corrected chi connectivity index (χ1v) is 9.45. The maximum Gasteiger partial charge on any atom is 0.247 e. The summed E-state index contributed by atoms with van der Waals surface area (Å²) in [5.41, 5.74) is 2.17. The largest absolute Gasteiger partial charge is 0.421 e. The van der Waals surface area contributed by atoms with E-state index in [0.717, 1.165) is 12.0 Å². The molecule has 0 saturated heterocycles. The predicted octanol–water partition coefficient (Wildman–Crippen LogP) is 4.37. The Balaban J connectivity index is 1.41. The molecule has 0 saturated carbocycles. The molecule has 0 aliphatic rings. The average molecular weight is 363 g/mol. The summed E-state index contributed by atoms with van der Waals surface area (Å²) in [5, 5.41) is 11.2.